The molecule has 0 N–H and O–H groups in total. The summed E-state index contributed by atoms with van der Waals surface area (Å²) >= 11 is 5.71. The molecule has 0 aliphatic carbocycles. The highest BCUT2D eigenvalue weighted by atomic mass is 127. The molecular formula is C12H12BrIO. The molecular weight excluding hydrogens is 367 g/mol. The molecule has 3 heteroatoms. The fraction of sp³-hybridized carbons (Fsp3) is 0.333. The minimum atomic E-state index is 0.182. The van der Waals surface area contributed by atoms with Crippen molar-refractivity contribution in [3.63, 3.8) is 0 Å². The van der Waals surface area contributed by atoms with Gasteiger partial charge in [-0.2, -0.15) is 0 Å². The zero-order valence-electron chi connectivity index (χ0n) is 8.90. The minimum absolute atomic E-state index is 0.182. The standard InChI is InChI=1S/C12H12BrIO/c1-12(2,3)7-4-5-9-8(6-7)10(14)11(13)15-9/h4-6H,1-3H3. The fourth-order valence-electron chi connectivity index (χ4n) is 1.50. The van der Waals surface area contributed by atoms with Crippen LogP contribution in [0.5, 0.6) is 0 Å². The molecule has 0 fully saturated rings. The minimum Gasteiger partial charge on any atom is -0.448 e. The van der Waals surface area contributed by atoms with Gasteiger partial charge in [-0.1, -0.05) is 26.8 Å². The first-order chi connectivity index (χ1) is 6.89. The second kappa shape index (κ2) is 3.77. The predicted octanol–water partition coefficient (Wildman–Crippen LogP) is 5.10. The zero-order chi connectivity index (χ0) is 11.2. The quantitative estimate of drug-likeness (QED) is 0.581. The monoisotopic (exact) mass is 378 g/mol. The Bertz CT molecular complexity index is 508. The Hall–Kier alpha value is -0.0300. The Labute approximate surface area is 111 Å². The Kier molecular flexibility index (Phi) is 2.88. The van der Waals surface area contributed by atoms with E-state index in [0.29, 0.717) is 0 Å². The maximum Gasteiger partial charge on any atom is 0.183 e. The third-order valence-electron chi connectivity index (χ3n) is 2.45. The molecule has 1 aromatic heterocycles. The lowest BCUT2D eigenvalue weighted by molar-refractivity contribution is 0.580. The molecule has 0 bridgehead atoms. The molecule has 0 unspecified atom stereocenters. The number of halogens is 2. The van der Waals surface area contributed by atoms with Crippen LogP contribution in [0.2, 0.25) is 0 Å². The third kappa shape index (κ3) is 2.09. The number of furan rings is 1. The molecule has 0 atom stereocenters. The van der Waals surface area contributed by atoms with Crippen LogP contribution in [0, 0.1) is 3.57 Å². The third-order valence-corrected chi connectivity index (χ3v) is 4.82. The number of hydrogen-bond donors (Lipinski definition) is 0. The summed E-state index contributed by atoms with van der Waals surface area (Å²) in [5.74, 6) is 0. The van der Waals surface area contributed by atoms with Crippen molar-refractivity contribution in [3.05, 3.63) is 32.0 Å². The summed E-state index contributed by atoms with van der Waals surface area (Å²) in [6.45, 7) is 6.66. The molecule has 0 aliphatic heterocycles. The van der Waals surface area contributed by atoms with Crippen molar-refractivity contribution in [3.8, 4) is 0 Å². The van der Waals surface area contributed by atoms with Crippen LogP contribution in [0.15, 0.2) is 27.3 Å². The van der Waals surface area contributed by atoms with Gasteiger partial charge in [-0.05, 0) is 61.6 Å². The predicted molar refractivity (Wildman–Crippen MR) is 75.3 cm³/mol. The molecule has 0 amide bonds. The largest absolute Gasteiger partial charge is 0.448 e. The van der Waals surface area contributed by atoms with E-state index in [9.17, 15) is 0 Å². The second-order valence-electron chi connectivity index (χ2n) is 4.65. The van der Waals surface area contributed by atoms with Crippen LogP contribution < -0.4 is 0 Å². The van der Waals surface area contributed by atoms with Gasteiger partial charge < -0.3 is 4.42 Å². The van der Waals surface area contributed by atoms with E-state index in [4.69, 9.17) is 4.42 Å². The van der Waals surface area contributed by atoms with Crippen molar-refractivity contribution < 1.29 is 4.42 Å². The van der Waals surface area contributed by atoms with Crippen LogP contribution in [0.4, 0.5) is 0 Å². The van der Waals surface area contributed by atoms with Gasteiger partial charge in [0.1, 0.15) is 5.58 Å². The van der Waals surface area contributed by atoms with E-state index in [-0.39, 0.29) is 5.41 Å². The maximum absolute atomic E-state index is 5.58. The molecule has 0 saturated heterocycles. The van der Waals surface area contributed by atoms with Gasteiger partial charge in [-0.25, -0.2) is 0 Å². The summed E-state index contributed by atoms with van der Waals surface area (Å²) in [6, 6.07) is 6.39. The van der Waals surface area contributed by atoms with Crippen LogP contribution in [0.3, 0.4) is 0 Å². The van der Waals surface area contributed by atoms with Crippen molar-refractivity contribution in [2.24, 2.45) is 0 Å². The highest BCUT2D eigenvalue weighted by Gasteiger charge is 2.16. The molecule has 0 aliphatic rings. The summed E-state index contributed by atoms with van der Waals surface area (Å²) in [5.41, 5.74) is 2.46. The van der Waals surface area contributed by atoms with Gasteiger partial charge >= 0.3 is 0 Å². The van der Waals surface area contributed by atoms with Crippen molar-refractivity contribution in [1.29, 1.82) is 0 Å². The lowest BCUT2D eigenvalue weighted by atomic mass is 9.86. The van der Waals surface area contributed by atoms with Gasteiger partial charge in [-0.15, -0.1) is 0 Å². The number of benzene rings is 1. The summed E-state index contributed by atoms with van der Waals surface area (Å²) in [6.07, 6.45) is 0. The number of hydrogen-bond acceptors (Lipinski definition) is 1. The summed E-state index contributed by atoms with van der Waals surface area (Å²) in [5, 5.41) is 1.19. The van der Waals surface area contributed by atoms with E-state index < -0.39 is 0 Å². The Morgan fingerprint density at radius 1 is 1.27 bits per heavy atom. The van der Waals surface area contributed by atoms with Crippen LogP contribution >= 0.6 is 38.5 Å². The first kappa shape index (κ1) is 11.5. The van der Waals surface area contributed by atoms with Gasteiger partial charge in [0.25, 0.3) is 0 Å². The van der Waals surface area contributed by atoms with Crippen molar-refractivity contribution >= 4 is 49.5 Å². The lowest BCUT2D eigenvalue weighted by Crippen LogP contribution is -2.10. The fourth-order valence-corrected chi connectivity index (χ4v) is 2.42. The first-order valence-electron chi connectivity index (χ1n) is 4.77. The molecule has 80 valence electrons. The van der Waals surface area contributed by atoms with E-state index in [1.165, 1.54) is 10.9 Å². The SMILES string of the molecule is CC(C)(C)c1ccc2oc(Br)c(I)c2c1. The van der Waals surface area contributed by atoms with Gasteiger partial charge in [-0.3, -0.25) is 0 Å². The molecule has 2 rings (SSSR count). The molecule has 1 aromatic carbocycles. The smallest absolute Gasteiger partial charge is 0.183 e. The lowest BCUT2D eigenvalue weighted by Gasteiger charge is -2.18. The molecule has 1 heterocycles. The topological polar surface area (TPSA) is 13.1 Å². The first-order valence-corrected chi connectivity index (χ1v) is 6.65. The highest BCUT2D eigenvalue weighted by molar-refractivity contribution is 14.1. The van der Waals surface area contributed by atoms with Gasteiger partial charge in [0.15, 0.2) is 4.67 Å². The number of fused-ring (bicyclic) bond motifs is 1. The molecule has 1 nitrogen and oxygen atoms in total. The molecule has 0 spiro atoms. The summed E-state index contributed by atoms with van der Waals surface area (Å²) in [7, 11) is 0. The Morgan fingerprint density at radius 3 is 2.53 bits per heavy atom. The highest BCUT2D eigenvalue weighted by Crippen LogP contribution is 2.34. The van der Waals surface area contributed by atoms with Crippen molar-refractivity contribution in [2.45, 2.75) is 26.2 Å². The average molecular weight is 379 g/mol. The normalized spacial score (nSPS) is 12.3. The molecule has 2 aromatic rings. The molecule has 0 saturated carbocycles. The maximum atomic E-state index is 5.58. The molecule has 15 heavy (non-hydrogen) atoms. The van der Waals surface area contributed by atoms with Crippen LogP contribution in [0.1, 0.15) is 26.3 Å². The van der Waals surface area contributed by atoms with E-state index in [0.717, 1.165) is 13.8 Å². The van der Waals surface area contributed by atoms with E-state index >= 15 is 0 Å². The molecule has 0 radical (unpaired) electrons. The Balaban J connectivity index is 2.70. The summed E-state index contributed by atoms with van der Waals surface area (Å²) in [4.78, 5) is 0. The Morgan fingerprint density at radius 2 is 1.93 bits per heavy atom. The van der Waals surface area contributed by atoms with Crippen LogP contribution in [-0.4, -0.2) is 0 Å². The van der Waals surface area contributed by atoms with Gasteiger partial charge in [0, 0.05) is 5.39 Å². The van der Waals surface area contributed by atoms with Crippen molar-refractivity contribution in [1.82, 2.24) is 0 Å². The van der Waals surface area contributed by atoms with Crippen molar-refractivity contribution in [2.75, 3.05) is 0 Å². The zero-order valence-corrected chi connectivity index (χ0v) is 12.6. The van der Waals surface area contributed by atoms with E-state index in [1.807, 2.05) is 6.07 Å². The second-order valence-corrected chi connectivity index (χ2v) is 6.45. The van der Waals surface area contributed by atoms with Gasteiger partial charge in [0.2, 0.25) is 0 Å². The van der Waals surface area contributed by atoms with Gasteiger partial charge in [0.05, 0.1) is 3.57 Å². The van der Waals surface area contributed by atoms with Crippen LogP contribution in [-0.2, 0) is 5.41 Å². The van der Waals surface area contributed by atoms with E-state index in [2.05, 4.69) is 71.4 Å². The average Bonchev–Trinajstić information content (AvgIpc) is 2.41. The van der Waals surface area contributed by atoms with E-state index in [1.54, 1.807) is 0 Å². The summed E-state index contributed by atoms with van der Waals surface area (Å²) < 4.78 is 7.55. The number of rotatable bonds is 0. The van der Waals surface area contributed by atoms with Crippen LogP contribution in [0.25, 0.3) is 11.0 Å².